The third-order valence-electron chi connectivity index (χ3n) is 3.92. The molecule has 1 aliphatic carbocycles. The van der Waals surface area contributed by atoms with Crippen LogP contribution in [0.4, 0.5) is 5.69 Å². The largest absolute Gasteiger partial charge is 0.324 e. The number of nitrogens with one attached hydrogen (secondary N) is 1. The van der Waals surface area contributed by atoms with E-state index >= 15 is 0 Å². The summed E-state index contributed by atoms with van der Waals surface area (Å²) in [6.07, 6.45) is 2.72. The second-order valence-corrected chi connectivity index (χ2v) is 6.36. The minimum atomic E-state index is -0.720. The number of carbonyl (C=O) groups is 1. The molecule has 1 heterocycles. The Balaban J connectivity index is 1.82. The van der Waals surface area contributed by atoms with Crippen LogP contribution < -0.4 is 10.9 Å². The lowest BCUT2D eigenvalue weighted by atomic mass is 10.2. The van der Waals surface area contributed by atoms with Crippen LogP contribution in [-0.2, 0) is 17.6 Å². The summed E-state index contributed by atoms with van der Waals surface area (Å²) in [5, 5.41) is 7.83. The van der Waals surface area contributed by atoms with Crippen LogP contribution >= 0.6 is 23.2 Å². The monoisotopic (exact) mass is 351 g/mol. The van der Waals surface area contributed by atoms with Gasteiger partial charge < -0.3 is 5.32 Å². The van der Waals surface area contributed by atoms with Gasteiger partial charge in [0.05, 0.1) is 15.7 Å². The van der Waals surface area contributed by atoms with Crippen molar-refractivity contribution in [3.8, 4) is 0 Å². The van der Waals surface area contributed by atoms with Crippen molar-refractivity contribution in [2.45, 2.75) is 32.2 Å². The lowest BCUT2D eigenvalue weighted by molar-refractivity contribution is -0.119. The number of fused-ring (bicyclic) bond motifs is 1. The summed E-state index contributed by atoms with van der Waals surface area (Å²) in [7, 11) is 0. The van der Waals surface area contributed by atoms with Crippen molar-refractivity contribution in [3.63, 3.8) is 0 Å². The van der Waals surface area contributed by atoms with Gasteiger partial charge in [-0.15, -0.1) is 0 Å². The fourth-order valence-corrected chi connectivity index (χ4v) is 2.92. The molecule has 1 aromatic heterocycles. The molecule has 1 unspecified atom stereocenters. The van der Waals surface area contributed by atoms with E-state index in [0.29, 0.717) is 15.7 Å². The third kappa shape index (κ3) is 3.26. The first-order valence-corrected chi connectivity index (χ1v) is 8.09. The van der Waals surface area contributed by atoms with Crippen LogP contribution in [0.15, 0.2) is 29.1 Å². The highest BCUT2D eigenvalue weighted by molar-refractivity contribution is 6.42. The van der Waals surface area contributed by atoms with Gasteiger partial charge in [-0.3, -0.25) is 9.59 Å². The first-order valence-electron chi connectivity index (χ1n) is 7.33. The lowest BCUT2D eigenvalue weighted by Gasteiger charge is -2.15. The standard InChI is InChI=1S/C16H15Cl2N3O2/c1-9(16(23)19-11-5-6-12(17)13(18)8-11)21-15(22)7-10-3-2-4-14(10)20-21/h5-9H,2-4H2,1H3,(H,19,23). The number of rotatable bonds is 3. The summed E-state index contributed by atoms with van der Waals surface area (Å²) in [6.45, 7) is 1.64. The number of hydrogen-bond donors (Lipinski definition) is 1. The second-order valence-electron chi connectivity index (χ2n) is 5.55. The maximum absolute atomic E-state index is 12.4. The summed E-state index contributed by atoms with van der Waals surface area (Å²) >= 11 is 11.8. The highest BCUT2D eigenvalue weighted by Gasteiger charge is 2.21. The number of aromatic nitrogens is 2. The smallest absolute Gasteiger partial charge is 0.267 e. The van der Waals surface area contributed by atoms with Gasteiger partial charge in [0.25, 0.3) is 5.56 Å². The Hall–Kier alpha value is -1.85. The molecule has 0 aliphatic heterocycles. The molecular formula is C16H15Cl2N3O2. The van der Waals surface area contributed by atoms with Gasteiger partial charge in [-0.1, -0.05) is 23.2 Å². The molecule has 0 saturated heterocycles. The van der Waals surface area contributed by atoms with Crippen molar-refractivity contribution >= 4 is 34.8 Å². The van der Waals surface area contributed by atoms with E-state index in [0.717, 1.165) is 30.5 Å². The zero-order valence-corrected chi connectivity index (χ0v) is 14.0. The maximum Gasteiger partial charge on any atom is 0.267 e. The summed E-state index contributed by atoms with van der Waals surface area (Å²) in [5.41, 5.74) is 2.15. The predicted octanol–water partition coefficient (Wildman–Crippen LogP) is 3.24. The van der Waals surface area contributed by atoms with Crippen LogP contribution in [-0.4, -0.2) is 15.7 Å². The molecule has 0 radical (unpaired) electrons. The SMILES string of the molecule is CC(C(=O)Nc1ccc(Cl)c(Cl)c1)n1nc2c(cc1=O)CCC2. The zero-order chi connectivity index (χ0) is 16.6. The summed E-state index contributed by atoms with van der Waals surface area (Å²) in [4.78, 5) is 24.5. The van der Waals surface area contributed by atoms with Crippen LogP contribution in [0.2, 0.25) is 10.0 Å². The van der Waals surface area contributed by atoms with E-state index in [1.807, 2.05) is 0 Å². The molecule has 1 aliphatic rings. The van der Waals surface area contributed by atoms with E-state index in [2.05, 4.69) is 10.4 Å². The topological polar surface area (TPSA) is 64.0 Å². The molecule has 1 atom stereocenters. The van der Waals surface area contributed by atoms with Crippen LogP contribution in [0, 0.1) is 0 Å². The summed E-state index contributed by atoms with van der Waals surface area (Å²) in [6, 6.07) is 5.68. The molecule has 0 bridgehead atoms. The molecular weight excluding hydrogens is 337 g/mol. The van der Waals surface area contributed by atoms with Crippen molar-refractivity contribution < 1.29 is 4.79 Å². The molecule has 120 valence electrons. The number of carbonyl (C=O) groups excluding carboxylic acids is 1. The number of amides is 1. The van der Waals surface area contributed by atoms with E-state index in [4.69, 9.17) is 23.2 Å². The van der Waals surface area contributed by atoms with Gasteiger partial charge in [0.2, 0.25) is 5.91 Å². The van der Waals surface area contributed by atoms with Gasteiger partial charge in [0.15, 0.2) is 0 Å². The fraction of sp³-hybridized carbons (Fsp3) is 0.312. The van der Waals surface area contributed by atoms with Crippen molar-refractivity contribution in [2.24, 2.45) is 0 Å². The number of nitrogens with zero attached hydrogens (tertiary/aromatic N) is 2. The number of hydrogen-bond acceptors (Lipinski definition) is 3. The first-order chi connectivity index (χ1) is 11.0. The Morgan fingerprint density at radius 2 is 2.04 bits per heavy atom. The van der Waals surface area contributed by atoms with Crippen molar-refractivity contribution in [2.75, 3.05) is 5.32 Å². The lowest BCUT2D eigenvalue weighted by Crippen LogP contribution is -2.33. The van der Waals surface area contributed by atoms with E-state index < -0.39 is 6.04 Å². The molecule has 2 aromatic rings. The van der Waals surface area contributed by atoms with Crippen molar-refractivity contribution in [1.82, 2.24) is 9.78 Å². The van der Waals surface area contributed by atoms with Crippen LogP contribution in [0.5, 0.6) is 0 Å². The van der Waals surface area contributed by atoms with Crippen molar-refractivity contribution in [1.29, 1.82) is 0 Å². The van der Waals surface area contributed by atoms with Gasteiger partial charge in [0, 0.05) is 11.8 Å². The first kappa shape index (κ1) is 16.0. The Morgan fingerprint density at radius 3 is 2.78 bits per heavy atom. The molecule has 1 amide bonds. The van der Waals surface area contributed by atoms with E-state index in [1.54, 1.807) is 31.2 Å². The Kier molecular flexibility index (Phi) is 4.41. The number of aryl methyl sites for hydroxylation is 2. The van der Waals surface area contributed by atoms with Crippen molar-refractivity contribution in [3.05, 3.63) is 55.9 Å². The zero-order valence-electron chi connectivity index (χ0n) is 12.5. The second kappa shape index (κ2) is 6.34. The summed E-state index contributed by atoms with van der Waals surface area (Å²) < 4.78 is 1.23. The molecule has 0 fully saturated rings. The third-order valence-corrected chi connectivity index (χ3v) is 4.65. The molecule has 0 spiro atoms. The molecule has 3 rings (SSSR count). The molecule has 0 saturated carbocycles. The van der Waals surface area contributed by atoms with Gasteiger partial charge in [-0.05, 0) is 49.9 Å². The number of benzene rings is 1. The minimum absolute atomic E-state index is 0.262. The quantitative estimate of drug-likeness (QED) is 0.922. The number of anilines is 1. The minimum Gasteiger partial charge on any atom is -0.324 e. The van der Waals surface area contributed by atoms with Crippen LogP contribution in [0.1, 0.15) is 30.6 Å². The average molecular weight is 352 g/mol. The average Bonchev–Trinajstić information content (AvgIpc) is 2.96. The molecule has 5 nitrogen and oxygen atoms in total. The normalized spacial score (nSPS) is 14.4. The van der Waals surface area contributed by atoms with E-state index in [-0.39, 0.29) is 11.5 Å². The molecule has 1 N–H and O–H groups in total. The van der Waals surface area contributed by atoms with Gasteiger partial charge in [-0.25, -0.2) is 4.68 Å². The highest BCUT2D eigenvalue weighted by Crippen LogP contribution is 2.25. The van der Waals surface area contributed by atoms with E-state index in [9.17, 15) is 9.59 Å². The maximum atomic E-state index is 12.4. The van der Waals surface area contributed by atoms with Crippen LogP contribution in [0.25, 0.3) is 0 Å². The Morgan fingerprint density at radius 1 is 1.26 bits per heavy atom. The van der Waals surface area contributed by atoms with Crippen LogP contribution in [0.3, 0.4) is 0 Å². The Bertz CT molecular complexity index is 833. The predicted molar refractivity (Wildman–Crippen MR) is 90.3 cm³/mol. The number of halogens is 2. The molecule has 7 heteroatoms. The Labute approximate surface area is 143 Å². The fourth-order valence-electron chi connectivity index (χ4n) is 2.62. The highest BCUT2D eigenvalue weighted by atomic mass is 35.5. The molecule has 1 aromatic carbocycles. The van der Waals surface area contributed by atoms with Gasteiger partial charge in [0.1, 0.15) is 6.04 Å². The van der Waals surface area contributed by atoms with Gasteiger partial charge in [-0.2, -0.15) is 5.10 Å². The summed E-state index contributed by atoms with van der Waals surface area (Å²) in [5.74, 6) is -0.337. The molecule has 23 heavy (non-hydrogen) atoms. The van der Waals surface area contributed by atoms with Gasteiger partial charge >= 0.3 is 0 Å². The van der Waals surface area contributed by atoms with E-state index in [1.165, 1.54) is 4.68 Å².